The third-order valence-corrected chi connectivity index (χ3v) is 4.92. The number of hydrogen-bond acceptors (Lipinski definition) is 4. The van der Waals surface area contributed by atoms with Gasteiger partial charge in [-0.15, -0.1) is 0 Å². The summed E-state index contributed by atoms with van der Waals surface area (Å²) in [6.45, 7) is 1.71. The lowest BCUT2D eigenvalue weighted by atomic mass is 10.1. The van der Waals surface area contributed by atoms with Crippen molar-refractivity contribution in [2.45, 2.75) is 13.3 Å². The van der Waals surface area contributed by atoms with Crippen LogP contribution in [0.15, 0.2) is 44.4 Å². The SMILES string of the molecule is Cc1c(Br)c(O)c(Br)c(O)c1/C=N/NC(=O)Cc1ccccc1. The molecule has 5 nitrogen and oxygen atoms in total. The second-order valence-corrected chi connectivity index (χ2v) is 6.41. The molecular formula is C16H14Br2N2O3. The summed E-state index contributed by atoms with van der Waals surface area (Å²) in [6, 6.07) is 9.31. The van der Waals surface area contributed by atoms with E-state index < -0.39 is 0 Å². The highest BCUT2D eigenvalue weighted by Crippen LogP contribution is 2.43. The van der Waals surface area contributed by atoms with Crippen molar-refractivity contribution in [1.29, 1.82) is 0 Å². The van der Waals surface area contributed by atoms with Gasteiger partial charge in [0.15, 0.2) is 0 Å². The van der Waals surface area contributed by atoms with Gasteiger partial charge in [0, 0.05) is 5.56 Å². The number of phenolic OH excluding ortho intramolecular Hbond substituents is 2. The standard InChI is InChI=1S/C16H14Br2N2O3/c1-9-11(15(22)14(18)16(23)13(9)17)8-19-20-12(21)7-10-5-3-2-4-6-10/h2-6,8,22-23H,7H2,1H3,(H,20,21)/b19-8+. The zero-order chi connectivity index (χ0) is 17.0. The van der Waals surface area contributed by atoms with E-state index in [2.05, 4.69) is 42.4 Å². The largest absolute Gasteiger partial charge is 0.506 e. The number of halogens is 2. The van der Waals surface area contributed by atoms with Crippen LogP contribution in [0.4, 0.5) is 0 Å². The van der Waals surface area contributed by atoms with Crippen LogP contribution in [0.3, 0.4) is 0 Å². The molecule has 2 aromatic rings. The third-order valence-electron chi connectivity index (χ3n) is 3.20. The number of benzene rings is 2. The van der Waals surface area contributed by atoms with Crippen molar-refractivity contribution in [2.75, 3.05) is 0 Å². The Morgan fingerprint density at radius 3 is 2.48 bits per heavy atom. The maximum absolute atomic E-state index is 11.8. The molecule has 7 heteroatoms. The molecule has 0 aromatic heterocycles. The Labute approximate surface area is 150 Å². The van der Waals surface area contributed by atoms with E-state index in [1.54, 1.807) is 6.92 Å². The van der Waals surface area contributed by atoms with Crippen molar-refractivity contribution in [2.24, 2.45) is 5.10 Å². The molecule has 2 aromatic carbocycles. The van der Waals surface area contributed by atoms with E-state index in [-0.39, 0.29) is 28.3 Å². The summed E-state index contributed by atoms with van der Waals surface area (Å²) in [5, 5.41) is 23.7. The van der Waals surface area contributed by atoms with Crippen molar-refractivity contribution in [3.05, 3.63) is 56.0 Å². The summed E-state index contributed by atoms with van der Waals surface area (Å²) >= 11 is 6.34. The number of nitrogens with zero attached hydrogens (tertiary/aromatic N) is 1. The number of hydrogen-bond donors (Lipinski definition) is 3. The van der Waals surface area contributed by atoms with E-state index in [0.29, 0.717) is 15.6 Å². The Hall–Kier alpha value is -1.86. The van der Waals surface area contributed by atoms with Crippen LogP contribution in [-0.4, -0.2) is 22.3 Å². The fourth-order valence-corrected chi connectivity index (χ4v) is 3.04. The predicted octanol–water partition coefficient (Wildman–Crippen LogP) is 3.62. The first-order chi connectivity index (χ1) is 10.9. The number of hydrazone groups is 1. The first kappa shape index (κ1) is 17.5. The Balaban J connectivity index is 2.11. The molecule has 0 aliphatic carbocycles. The first-order valence-corrected chi connectivity index (χ1v) is 8.25. The van der Waals surface area contributed by atoms with Crippen LogP contribution in [0, 0.1) is 6.92 Å². The maximum atomic E-state index is 11.8. The van der Waals surface area contributed by atoms with E-state index in [1.165, 1.54) is 6.21 Å². The zero-order valence-electron chi connectivity index (χ0n) is 12.2. The second-order valence-electron chi connectivity index (χ2n) is 4.82. The van der Waals surface area contributed by atoms with E-state index >= 15 is 0 Å². The van der Waals surface area contributed by atoms with Gasteiger partial charge in [0.05, 0.1) is 17.1 Å². The minimum absolute atomic E-state index is 0.0923. The normalized spacial score (nSPS) is 10.9. The van der Waals surface area contributed by atoms with Crippen LogP contribution in [0.5, 0.6) is 11.5 Å². The third kappa shape index (κ3) is 4.11. The average molecular weight is 442 g/mol. The van der Waals surface area contributed by atoms with Gasteiger partial charge < -0.3 is 10.2 Å². The van der Waals surface area contributed by atoms with Crippen molar-refractivity contribution in [1.82, 2.24) is 5.43 Å². The highest BCUT2D eigenvalue weighted by Gasteiger charge is 2.17. The van der Waals surface area contributed by atoms with Crippen molar-refractivity contribution in [3.8, 4) is 11.5 Å². The molecule has 2 rings (SSSR count). The van der Waals surface area contributed by atoms with Gasteiger partial charge in [0.25, 0.3) is 0 Å². The molecule has 0 aliphatic rings. The summed E-state index contributed by atoms with van der Waals surface area (Å²) in [4.78, 5) is 11.8. The van der Waals surface area contributed by atoms with Gasteiger partial charge >= 0.3 is 0 Å². The van der Waals surface area contributed by atoms with Crippen molar-refractivity contribution >= 4 is 44.0 Å². The second kappa shape index (κ2) is 7.61. The zero-order valence-corrected chi connectivity index (χ0v) is 15.3. The van der Waals surface area contributed by atoms with Crippen molar-refractivity contribution < 1.29 is 15.0 Å². The lowest BCUT2D eigenvalue weighted by Crippen LogP contribution is -2.19. The van der Waals surface area contributed by atoms with Gasteiger partial charge in [-0.25, -0.2) is 5.43 Å². The van der Waals surface area contributed by atoms with Gasteiger partial charge in [-0.2, -0.15) is 5.10 Å². The molecule has 0 heterocycles. The fourth-order valence-electron chi connectivity index (χ4n) is 1.95. The number of amides is 1. The van der Waals surface area contributed by atoms with Gasteiger partial charge in [0.2, 0.25) is 5.91 Å². The molecule has 3 N–H and O–H groups in total. The molecule has 0 fully saturated rings. The van der Waals surface area contributed by atoms with Crippen LogP contribution in [-0.2, 0) is 11.2 Å². The topological polar surface area (TPSA) is 81.9 Å². The smallest absolute Gasteiger partial charge is 0.244 e. The predicted molar refractivity (Wildman–Crippen MR) is 95.8 cm³/mol. The monoisotopic (exact) mass is 440 g/mol. The fraction of sp³-hybridized carbons (Fsp3) is 0.125. The van der Waals surface area contributed by atoms with Crippen LogP contribution in [0.25, 0.3) is 0 Å². The molecule has 23 heavy (non-hydrogen) atoms. The number of nitrogens with one attached hydrogen (secondary N) is 1. The average Bonchev–Trinajstić information content (AvgIpc) is 2.55. The highest BCUT2D eigenvalue weighted by atomic mass is 79.9. The summed E-state index contributed by atoms with van der Waals surface area (Å²) in [5.74, 6) is -0.504. The van der Waals surface area contributed by atoms with Gasteiger partial charge in [-0.05, 0) is 49.9 Å². The molecule has 0 unspecified atom stereocenters. The Kier molecular flexibility index (Phi) is 5.79. The maximum Gasteiger partial charge on any atom is 0.244 e. The number of rotatable bonds is 4. The molecule has 0 bridgehead atoms. The summed E-state index contributed by atoms with van der Waals surface area (Å²) in [5.41, 5.74) is 4.29. The van der Waals surface area contributed by atoms with Gasteiger partial charge in [-0.3, -0.25) is 4.79 Å². The minimum atomic E-state index is -0.262. The number of phenols is 2. The Morgan fingerprint density at radius 2 is 1.83 bits per heavy atom. The lowest BCUT2D eigenvalue weighted by molar-refractivity contribution is -0.120. The molecule has 120 valence electrons. The quantitative estimate of drug-likeness (QED) is 0.500. The van der Waals surface area contributed by atoms with Crippen LogP contribution in [0.2, 0.25) is 0 Å². The summed E-state index contributed by atoms with van der Waals surface area (Å²) in [6.07, 6.45) is 1.55. The van der Waals surface area contributed by atoms with Gasteiger partial charge in [0.1, 0.15) is 16.0 Å². The Morgan fingerprint density at radius 1 is 1.17 bits per heavy atom. The van der Waals surface area contributed by atoms with E-state index in [1.807, 2.05) is 30.3 Å². The number of carbonyl (C=O) groups excluding carboxylic acids is 1. The van der Waals surface area contributed by atoms with Gasteiger partial charge in [-0.1, -0.05) is 30.3 Å². The minimum Gasteiger partial charge on any atom is -0.506 e. The first-order valence-electron chi connectivity index (χ1n) is 6.67. The van der Waals surface area contributed by atoms with E-state index in [4.69, 9.17) is 0 Å². The summed E-state index contributed by atoms with van der Waals surface area (Å²) in [7, 11) is 0. The van der Waals surface area contributed by atoms with Crippen LogP contribution in [0.1, 0.15) is 16.7 Å². The van der Waals surface area contributed by atoms with E-state index in [0.717, 1.165) is 5.56 Å². The molecule has 0 radical (unpaired) electrons. The molecule has 1 amide bonds. The van der Waals surface area contributed by atoms with E-state index in [9.17, 15) is 15.0 Å². The van der Waals surface area contributed by atoms with Crippen LogP contribution >= 0.6 is 31.9 Å². The molecule has 0 saturated heterocycles. The Bertz CT molecular complexity index is 733. The summed E-state index contributed by atoms with van der Waals surface area (Å²) < 4.78 is 0.603. The molecule has 0 saturated carbocycles. The number of carbonyl (C=O) groups is 1. The molecule has 0 aliphatic heterocycles. The van der Waals surface area contributed by atoms with Crippen molar-refractivity contribution in [3.63, 3.8) is 0 Å². The molecule has 0 atom stereocenters. The van der Waals surface area contributed by atoms with Crippen LogP contribution < -0.4 is 5.43 Å². The molecule has 0 spiro atoms. The lowest BCUT2D eigenvalue weighted by Gasteiger charge is -2.10. The highest BCUT2D eigenvalue weighted by molar-refractivity contribution is 9.11. The molecular weight excluding hydrogens is 428 g/mol. The number of aromatic hydroxyl groups is 2.